The van der Waals surface area contributed by atoms with Crippen LogP contribution in [0.1, 0.15) is 41.7 Å². The lowest BCUT2D eigenvalue weighted by Gasteiger charge is -2.47. The van der Waals surface area contributed by atoms with Crippen LogP contribution >= 0.6 is 0 Å². The van der Waals surface area contributed by atoms with E-state index in [0.29, 0.717) is 25.2 Å². The van der Waals surface area contributed by atoms with Gasteiger partial charge >= 0.3 is 0 Å². The Bertz CT molecular complexity index is 544. The van der Waals surface area contributed by atoms with E-state index in [1.165, 1.54) is 0 Å². The van der Waals surface area contributed by atoms with Crippen LogP contribution in [0.2, 0.25) is 0 Å². The van der Waals surface area contributed by atoms with E-state index in [2.05, 4.69) is 10.2 Å². The van der Waals surface area contributed by atoms with Crippen LogP contribution in [0.3, 0.4) is 0 Å². The van der Waals surface area contributed by atoms with Crippen LogP contribution in [0.4, 0.5) is 0 Å². The summed E-state index contributed by atoms with van der Waals surface area (Å²) in [5, 5.41) is 16.4. The summed E-state index contributed by atoms with van der Waals surface area (Å²) in [6.45, 7) is 4.64. The van der Waals surface area contributed by atoms with Crippen LogP contribution in [0.25, 0.3) is 0 Å². The third-order valence-corrected chi connectivity index (χ3v) is 4.40. The standard InChI is InChI=1S/C14H21N3O4/c1-8-4-10-11(9(2)21-8)15-16-12(10)13(19)17-5-14(6-17,7-18)20-3/h8-9,18H,4-7H2,1-3H3,(H,15,16)/t8-,9+/m0/s1. The van der Waals surface area contributed by atoms with Gasteiger partial charge in [0, 0.05) is 19.1 Å². The molecule has 0 radical (unpaired) electrons. The van der Waals surface area contributed by atoms with Crippen molar-refractivity contribution in [2.24, 2.45) is 0 Å². The molecule has 21 heavy (non-hydrogen) atoms. The van der Waals surface area contributed by atoms with Crippen molar-refractivity contribution in [2.75, 3.05) is 26.8 Å². The number of aliphatic hydroxyl groups is 1. The Morgan fingerprint density at radius 3 is 2.90 bits per heavy atom. The first-order valence-electron chi connectivity index (χ1n) is 7.17. The van der Waals surface area contributed by atoms with Crippen molar-refractivity contribution in [3.8, 4) is 0 Å². The highest BCUT2D eigenvalue weighted by atomic mass is 16.5. The molecule has 2 aliphatic heterocycles. The molecular weight excluding hydrogens is 274 g/mol. The molecule has 3 heterocycles. The summed E-state index contributed by atoms with van der Waals surface area (Å²) in [5.41, 5.74) is 1.69. The van der Waals surface area contributed by atoms with E-state index in [4.69, 9.17) is 9.47 Å². The van der Waals surface area contributed by atoms with Gasteiger partial charge in [0.15, 0.2) is 5.69 Å². The third-order valence-electron chi connectivity index (χ3n) is 4.40. The quantitative estimate of drug-likeness (QED) is 0.835. The molecule has 116 valence electrons. The fraction of sp³-hybridized carbons (Fsp3) is 0.714. The maximum Gasteiger partial charge on any atom is 0.274 e. The molecule has 0 bridgehead atoms. The van der Waals surface area contributed by atoms with Crippen LogP contribution in [-0.2, 0) is 15.9 Å². The number of aromatic nitrogens is 2. The number of carbonyl (C=O) groups excluding carboxylic acids is 1. The monoisotopic (exact) mass is 295 g/mol. The van der Waals surface area contributed by atoms with Crippen molar-refractivity contribution < 1.29 is 19.4 Å². The summed E-state index contributed by atoms with van der Waals surface area (Å²) in [6, 6.07) is 0. The van der Waals surface area contributed by atoms with Gasteiger partial charge in [-0.3, -0.25) is 9.89 Å². The molecule has 1 aromatic heterocycles. The lowest BCUT2D eigenvalue weighted by Crippen LogP contribution is -2.66. The lowest BCUT2D eigenvalue weighted by atomic mass is 9.93. The number of hydrogen-bond donors (Lipinski definition) is 2. The van der Waals surface area contributed by atoms with Crippen LogP contribution < -0.4 is 0 Å². The van der Waals surface area contributed by atoms with E-state index < -0.39 is 5.60 Å². The second-order valence-electron chi connectivity index (χ2n) is 5.96. The van der Waals surface area contributed by atoms with E-state index in [1.54, 1.807) is 12.0 Å². The number of H-pyrrole nitrogens is 1. The third kappa shape index (κ3) is 2.25. The number of rotatable bonds is 3. The highest BCUT2D eigenvalue weighted by Crippen LogP contribution is 2.32. The first-order valence-corrected chi connectivity index (χ1v) is 7.17. The van der Waals surface area contributed by atoms with Gasteiger partial charge < -0.3 is 19.5 Å². The number of hydrogen-bond acceptors (Lipinski definition) is 5. The number of nitrogens with one attached hydrogen (secondary N) is 1. The fourth-order valence-corrected chi connectivity index (χ4v) is 3.09. The van der Waals surface area contributed by atoms with E-state index in [1.807, 2.05) is 13.8 Å². The van der Waals surface area contributed by atoms with Crippen LogP contribution in [0.5, 0.6) is 0 Å². The summed E-state index contributed by atoms with van der Waals surface area (Å²) in [4.78, 5) is 14.2. The molecule has 0 spiro atoms. The number of aromatic amines is 1. The summed E-state index contributed by atoms with van der Waals surface area (Å²) in [6.07, 6.45) is 0.675. The molecule has 0 saturated carbocycles. The minimum absolute atomic E-state index is 0.0727. The Labute approximate surface area is 123 Å². The number of methoxy groups -OCH3 is 1. The van der Waals surface area contributed by atoms with Gasteiger partial charge in [0.2, 0.25) is 0 Å². The number of ether oxygens (including phenoxy) is 2. The molecule has 7 nitrogen and oxygen atoms in total. The van der Waals surface area contributed by atoms with Gasteiger partial charge in [-0.05, 0) is 13.8 Å². The SMILES string of the molecule is COC1(CO)CN(C(=O)c2n[nH]c3c2C[C@H](C)O[C@@H]3C)C1. The molecule has 3 rings (SSSR count). The minimum Gasteiger partial charge on any atom is -0.393 e. The number of fused-ring (bicyclic) bond motifs is 1. The average Bonchev–Trinajstić information content (AvgIpc) is 2.82. The zero-order valence-corrected chi connectivity index (χ0v) is 12.5. The second-order valence-corrected chi connectivity index (χ2v) is 5.96. The molecule has 2 atom stereocenters. The number of nitrogens with zero attached hydrogens (tertiary/aromatic N) is 2. The summed E-state index contributed by atoms with van der Waals surface area (Å²) in [7, 11) is 1.55. The van der Waals surface area contributed by atoms with Gasteiger partial charge in [0.1, 0.15) is 5.60 Å². The summed E-state index contributed by atoms with van der Waals surface area (Å²) < 4.78 is 11.0. The van der Waals surface area contributed by atoms with Crippen molar-refractivity contribution >= 4 is 5.91 Å². The number of amides is 1. The van der Waals surface area contributed by atoms with E-state index >= 15 is 0 Å². The van der Waals surface area contributed by atoms with Gasteiger partial charge in [-0.25, -0.2) is 0 Å². The van der Waals surface area contributed by atoms with E-state index in [9.17, 15) is 9.90 Å². The predicted molar refractivity (Wildman–Crippen MR) is 74.0 cm³/mol. The predicted octanol–water partition coefficient (Wildman–Crippen LogP) is 0.265. The van der Waals surface area contributed by atoms with Gasteiger partial charge in [-0.1, -0.05) is 0 Å². The first kappa shape index (κ1) is 14.5. The fourth-order valence-electron chi connectivity index (χ4n) is 3.09. The largest absolute Gasteiger partial charge is 0.393 e. The summed E-state index contributed by atoms with van der Waals surface area (Å²) in [5.74, 6) is -0.116. The maximum absolute atomic E-state index is 12.6. The zero-order chi connectivity index (χ0) is 15.2. The Hall–Kier alpha value is -1.44. The van der Waals surface area contributed by atoms with Crippen molar-refractivity contribution in [2.45, 2.75) is 38.1 Å². The summed E-state index contributed by atoms with van der Waals surface area (Å²) >= 11 is 0. The normalized spacial score (nSPS) is 27.1. The first-order chi connectivity index (χ1) is 9.99. The highest BCUT2D eigenvalue weighted by Gasteiger charge is 2.46. The Kier molecular flexibility index (Phi) is 3.51. The lowest BCUT2D eigenvalue weighted by molar-refractivity contribution is -0.133. The number of carbonyl (C=O) groups is 1. The molecule has 7 heteroatoms. The highest BCUT2D eigenvalue weighted by molar-refractivity contribution is 5.94. The molecule has 2 N–H and O–H groups in total. The molecule has 1 fully saturated rings. The van der Waals surface area contributed by atoms with Gasteiger partial charge in [-0.2, -0.15) is 5.10 Å². The Morgan fingerprint density at radius 2 is 2.29 bits per heavy atom. The zero-order valence-electron chi connectivity index (χ0n) is 12.5. The average molecular weight is 295 g/mol. The van der Waals surface area contributed by atoms with Crippen molar-refractivity contribution in [3.05, 3.63) is 17.0 Å². The van der Waals surface area contributed by atoms with Crippen LogP contribution in [0.15, 0.2) is 0 Å². The molecule has 0 aromatic carbocycles. The molecule has 1 saturated heterocycles. The number of aliphatic hydroxyl groups excluding tert-OH is 1. The van der Waals surface area contributed by atoms with Crippen molar-refractivity contribution in [1.82, 2.24) is 15.1 Å². The molecule has 0 unspecified atom stereocenters. The van der Waals surface area contributed by atoms with Crippen molar-refractivity contribution in [1.29, 1.82) is 0 Å². The molecular formula is C14H21N3O4. The van der Waals surface area contributed by atoms with Crippen LogP contribution in [0, 0.1) is 0 Å². The van der Waals surface area contributed by atoms with Crippen LogP contribution in [-0.4, -0.2) is 64.6 Å². The molecule has 1 amide bonds. The molecule has 2 aliphatic rings. The second kappa shape index (κ2) is 5.08. The van der Waals surface area contributed by atoms with Gasteiger partial charge in [0.25, 0.3) is 5.91 Å². The van der Waals surface area contributed by atoms with Gasteiger partial charge in [-0.15, -0.1) is 0 Å². The Balaban J connectivity index is 1.79. The maximum atomic E-state index is 12.6. The topological polar surface area (TPSA) is 87.7 Å². The van der Waals surface area contributed by atoms with Crippen molar-refractivity contribution in [3.63, 3.8) is 0 Å². The smallest absolute Gasteiger partial charge is 0.274 e. The molecule has 0 aliphatic carbocycles. The van der Waals surface area contributed by atoms with E-state index in [0.717, 1.165) is 11.3 Å². The Morgan fingerprint density at radius 1 is 1.57 bits per heavy atom. The molecule has 1 aromatic rings. The van der Waals surface area contributed by atoms with E-state index in [-0.39, 0.29) is 24.7 Å². The van der Waals surface area contributed by atoms with Gasteiger partial charge in [0.05, 0.1) is 37.6 Å². The minimum atomic E-state index is -0.615. The number of likely N-dealkylation sites (tertiary alicyclic amines) is 1.